The van der Waals surface area contributed by atoms with Crippen molar-refractivity contribution in [2.75, 3.05) is 12.4 Å². The predicted octanol–water partition coefficient (Wildman–Crippen LogP) is 3.86. The summed E-state index contributed by atoms with van der Waals surface area (Å²) in [6, 6.07) is 7.73. The number of nitrogens with zero attached hydrogens (tertiary/aromatic N) is 1. The normalized spacial score (nSPS) is 11.3. The lowest BCUT2D eigenvalue weighted by Crippen LogP contribution is -2.09. The molecule has 0 atom stereocenters. The fourth-order valence-electron chi connectivity index (χ4n) is 1.74. The lowest BCUT2D eigenvalue weighted by Gasteiger charge is -2.12. The summed E-state index contributed by atoms with van der Waals surface area (Å²) in [5.41, 5.74) is -0.330. The van der Waals surface area contributed by atoms with Crippen molar-refractivity contribution in [2.24, 2.45) is 0 Å². The second kappa shape index (κ2) is 5.99. The number of ether oxygens (including phenoxy) is 1. The van der Waals surface area contributed by atoms with E-state index in [9.17, 15) is 17.6 Å². The van der Waals surface area contributed by atoms with E-state index in [1.165, 1.54) is 24.3 Å². The fraction of sp³-hybridized carbons (Fsp3) is 0.214. The first kappa shape index (κ1) is 15.1. The zero-order valence-corrected chi connectivity index (χ0v) is 11.0. The van der Waals surface area contributed by atoms with Crippen molar-refractivity contribution >= 4 is 5.69 Å². The maximum Gasteiger partial charge on any atom is 0.433 e. The first-order chi connectivity index (χ1) is 9.91. The number of halogens is 4. The Morgan fingerprint density at radius 3 is 2.52 bits per heavy atom. The van der Waals surface area contributed by atoms with E-state index in [0.717, 1.165) is 6.07 Å². The molecule has 0 aliphatic carbocycles. The summed E-state index contributed by atoms with van der Waals surface area (Å²) in [5.74, 6) is -0.719. The summed E-state index contributed by atoms with van der Waals surface area (Å²) in [6.45, 7) is -0.225. The zero-order chi connectivity index (χ0) is 15.5. The van der Waals surface area contributed by atoms with Gasteiger partial charge in [-0.1, -0.05) is 12.1 Å². The van der Waals surface area contributed by atoms with Gasteiger partial charge in [0, 0.05) is 24.4 Å². The van der Waals surface area contributed by atoms with E-state index in [-0.39, 0.29) is 18.1 Å². The Balaban J connectivity index is 2.18. The van der Waals surface area contributed by atoms with Crippen LogP contribution in [0.5, 0.6) is 5.88 Å². The summed E-state index contributed by atoms with van der Waals surface area (Å²) in [6.07, 6.45) is -4.55. The largest absolute Gasteiger partial charge is 0.473 e. The molecule has 0 saturated heterocycles. The van der Waals surface area contributed by atoms with Crippen LogP contribution in [0.2, 0.25) is 0 Å². The van der Waals surface area contributed by atoms with Crippen molar-refractivity contribution in [3.8, 4) is 5.88 Å². The van der Waals surface area contributed by atoms with E-state index in [2.05, 4.69) is 10.3 Å². The first-order valence-electron chi connectivity index (χ1n) is 6.04. The molecule has 0 fully saturated rings. The molecular weight excluding hydrogens is 288 g/mol. The minimum atomic E-state index is -4.55. The van der Waals surface area contributed by atoms with Crippen LogP contribution in [0.15, 0.2) is 36.4 Å². The smallest absolute Gasteiger partial charge is 0.433 e. The molecule has 2 aromatic rings. The van der Waals surface area contributed by atoms with Crippen LogP contribution in [0.3, 0.4) is 0 Å². The van der Waals surface area contributed by atoms with Gasteiger partial charge in [0.15, 0.2) is 0 Å². The lowest BCUT2D eigenvalue weighted by atomic mass is 10.2. The Morgan fingerprint density at radius 1 is 1.14 bits per heavy atom. The van der Waals surface area contributed by atoms with Crippen molar-refractivity contribution in [2.45, 2.75) is 12.8 Å². The highest BCUT2D eigenvalue weighted by Gasteiger charge is 2.32. The van der Waals surface area contributed by atoms with E-state index >= 15 is 0 Å². The molecule has 0 aliphatic rings. The van der Waals surface area contributed by atoms with Crippen LogP contribution < -0.4 is 10.1 Å². The van der Waals surface area contributed by atoms with Gasteiger partial charge in [0.25, 0.3) is 0 Å². The van der Waals surface area contributed by atoms with E-state index in [1.54, 1.807) is 13.1 Å². The SMILES string of the molecule is CNc1cccc(F)c1COc1cccc(C(F)(F)F)n1. The molecule has 0 amide bonds. The molecule has 0 aliphatic heterocycles. The molecule has 2 rings (SSSR count). The second-order valence-electron chi connectivity index (χ2n) is 4.16. The van der Waals surface area contributed by atoms with Gasteiger partial charge in [-0.25, -0.2) is 9.37 Å². The number of anilines is 1. The highest BCUT2D eigenvalue weighted by Crippen LogP contribution is 2.29. The van der Waals surface area contributed by atoms with Crippen molar-refractivity contribution in [1.82, 2.24) is 4.98 Å². The summed E-state index contributed by atoms with van der Waals surface area (Å²) in [7, 11) is 1.61. The monoisotopic (exact) mass is 300 g/mol. The third kappa shape index (κ3) is 3.62. The van der Waals surface area contributed by atoms with Crippen molar-refractivity contribution in [3.05, 3.63) is 53.5 Å². The van der Waals surface area contributed by atoms with Gasteiger partial charge in [-0.2, -0.15) is 13.2 Å². The van der Waals surface area contributed by atoms with Gasteiger partial charge in [-0.05, 0) is 18.2 Å². The lowest BCUT2D eigenvalue weighted by molar-refractivity contribution is -0.141. The Morgan fingerprint density at radius 2 is 1.86 bits per heavy atom. The van der Waals surface area contributed by atoms with Gasteiger partial charge >= 0.3 is 6.18 Å². The first-order valence-corrected chi connectivity index (χ1v) is 6.04. The molecule has 112 valence electrons. The summed E-state index contributed by atoms with van der Waals surface area (Å²) in [5, 5.41) is 2.79. The Hall–Kier alpha value is -2.31. The molecule has 1 aromatic carbocycles. The van der Waals surface area contributed by atoms with Crippen LogP contribution in [0.1, 0.15) is 11.3 Å². The van der Waals surface area contributed by atoms with E-state index in [0.29, 0.717) is 5.69 Å². The Kier molecular flexibility index (Phi) is 4.30. The number of aromatic nitrogens is 1. The topological polar surface area (TPSA) is 34.1 Å². The summed E-state index contributed by atoms with van der Waals surface area (Å²) in [4.78, 5) is 3.35. The molecular formula is C14H12F4N2O. The fourth-order valence-corrected chi connectivity index (χ4v) is 1.74. The van der Waals surface area contributed by atoms with Crippen LogP contribution in [0.4, 0.5) is 23.2 Å². The molecule has 7 heteroatoms. The summed E-state index contributed by atoms with van der Waals surface area (Å²) < 4.78 is 56.4. The van der Waals surface area contributed by atoms with Gasteiger partial charge in [0.2, 0.25) is 5.88 Å². The van der Waals surface area contributed by atoms with E-state index < -0.39 is 17.7 Å². The second-order valence-corrected chi connectivity index (χ2v) is 4.16. The van der Waals surface area contributed by atoms with Crippen molar-refractivity contribution < 1.29 is 22.3 Å². The quantitative estimate of drug-likeness (QED) is 0.871. The number of benzene rings is 1. The maximum absolute atomic E-state index is 13.7. The van der Waals surface area contributed by atoms with Crippen LogP contribution in [0.25, 0.3) is 0 Å². The van der Waals surface area contributed by atoms with Gasteiger partial charge in [0.05, 0.1) is 0 Å². The number of rotatable bonds is 4. The minimum Gasteiger partial charge on any atom is -0.473 e. The van der Waals surface area contributed by atoms with E-state index in [4.69, 9.17) is 4.74 Å². The third-order valence-corrected chi connectivity index (χ3v) is 2.77. The average Bonchev–Trinajstić information content (AvgIpc) is 2.45. The number of hydrogen-bond donors (Lipinski definition) is 1. The van der Waals surface area contributed by atoms with Gasteiger partial charge in [-0.15, -0.1) is 0 Å². The van der Waals surface area contributed by atoms with Crippen LogP contribution in [-0.4, -0.2) is 12.0 Å². The highest BCUT2D eigenvalue weighted by molar-refractivity contribution is 5.51. The van der Waals surface area contributed by atoms with Crippen LogP contribution in [-0.2, 0) is 12.8 Å². The minimum absolute atomic E-state index is 0.213. The van der Waals surface area contributed by atoms with Crippen molar-refractivity contribution in [1.29, 1.82) is 0 Å². The van der Waals surface area contributed by atoms with Gasteiger partial charge in [-0.3, -0.25) is 0 Å². The number of alkyl halides is 3. The Labute approximate surface area is 118 Å². The van der Waals surface area contributed by atoms with Crippen LogP contribution in [0, 0.1) is 5.82 Å². The standard InChI is InChI=1S/C14H12F4N2O/c1-19-11-5-2-4-10(15)9(11)8-21-13-7-3-6-12(20-13)14(16,17)18/h2-7,19H,8H2,1H3. The van der Waals surface area contributed by atoms with Crippen LogP contribution >= 0.6 is 0 Å². The molecule has 0 saturated carbocycles. The molecule has 1 aromatic heterocycles. The molecule has 0 bridgehead atoms. The number of hydrogen-bond acceptors (Lipinski definition) is 3. The van der Waals surface area contributed by atoms with E-state index in [1.807, 2.05) is 0 Å². The molecule has 0 unspecified atom stereocenters. The Bertz CT molecular complexity index is 629. The molecule has 1 heterocycles. The molecule has 0 spiro atoms. The molecule has 1 N–H and O–H groups in total. The molecule has 0 radical (unpaired) electrons. The van der Waals surface area contributed by atoms with Crippen molar-refractivity contribution in [3.63, 3.8) is 0 Å². The average molecular weight is 300 g/mol. The molecule has 21 heavy (non-hydrogen) atoms. The molecule has 3 nitrogen and oxygen atoms in total. The van der Waals surface area contributed by atoms with Gasteiger partial charge < -0.3 is 10.1 Å². The third-order valence-electron chi connectivity index (χ3n) is 2.77. The number of pyridine rings is 1. The zero-order valence-electron chi connectivity index (χ0n) is 11.0. The predicted molar refractivity (Wildman–Crippen MR) is 69.5 cm³/mol. The highest BCUT2D eigenvalue weighted by atomic mass is 19.4. The maximum atomic E-state index is 13.7. The summed E-state index contributed by atoms with van der Waals surface area (Å²) >= 11 is 0. The number of nitrogens with one attached hydrogen (secondary N) is 1. The van der Waals surface area contributed by atoms with Gasteiger partial charge in [0.1, 0.15) is 18.1 Å².